The molecule has 19 heavy (non-hydrogen) atoms. The van der Waals surface area contributed by atoms with E-state index in [1.807, 2.05) is 4.90 Å². The highest BCUT2D eigenvalue weighted by molar-refractivity contribution is 5.24. The van der Waals surface area contributed by atoms with Crippen LogP contribution in [0, 0.1) is 17.6 Å². The molecule has 2 atom stereocenters. The summed E-state index contributed by atoms with van der Waals surface area (Å²) in [6.07, 6.45) is 0.973. The number of nitrogens with two attached hydrogens (primary N) is 1. The number of methoxy groups -OCH3 is 1. The Morgan fingerprint density at radius 3 is 2.68 bits per heavy atom. The maximum atomic E-state index is 13.8. The van der Waals surface area contributed by atoms with Crippen LogP contribution in [-0.4, -0.2) is 38.3 Å². The third kappa shape index (κ3) is 3.11. The quantitative estimate of drug-likeness (QED) is 0.888. The summed E-state index contributed by atoms with van der Waals surface area (Å²) in [5.74, 6) is -0.634. The molecular weight excluding hydrogens is 250 g/mol. The molecule has 5 heteroatoms. The van der Waals surface area contributed by atoms with Crippen molar-refractivity contribution in [1.29, 1.82) is 0 Å². The van der Waals surface area contributed by atoms with Gasteiger partial charge in [0.25, 0.3) is 0 Å². The van der Waals surface area contributed by atoms with Crippen molar-refractivity contribution in [3.63, 3.8) is 0 Å². The van der Waals surface area contributed by atoms with Crippen molar-refractivity contribution in [2.24, 2.45) is 11.7 Å². The Morgan fingerprint density at radius 1 is 1.42 bits per heavy atom. The first-order chi connectivity index (χ1) is 9.17. The van der Waals surface area contributed by atoms with E-state index in [0.29, 0.717) is 12.5 Å². The van der Waals surface area contributed by atoms with Gasteiger partial charge in [-0.25, -0.2) is 8.78 Å². The van der Waals surface area contributed by atoms with E-state index in [1.165, 1.54) is 18.2 Å². The number of likely N-dealkylation sites (tertiary alicyclic amines) is 1. The van der Waals surface area contributed by atoms with Crippen LogP contribution in [0.4, 0.5) is 8.78 Å². The van der Waals surface area contributed by atoms with Gasteiger partial charge in [-0.3, -0.25) is 4.90 Å². The highest BCUT2D eigenvalue weighted by Gasteiger charge is 2.31. The van der Waals surface area contributed by atoms with E-state index in [9.17, 15) is 8.78 Å². The lowest BCUT2D eigenvalue weighted by molar-refractivity contribution is 0.146. The molecule has 0 bridgehead atoms. The first kappa shape index (κ1) is 14.4. The molecule has 1 aromatic carbocycles. The van der Waals surface area contributed by atoms with Gasteiger partial charge in [-0.15, -0.1) is 0 Å². The van der Waals surface area contributed by atoms with Gasteiger partial charge >= 0.3 is 0 Å². The summed E-state index contributed by atoms with van der Waals surface area (Å²) in [5.41, 5.74) is 5.82. The highest BCUT2D eigenvalue weighted by atomic mass is 19.1. The summed E-state index contributed by atoms with van der Waals surface area (Å²) >= 11 is 0. The second-order valence-corrected chi connectivity index (χ2v) is 4.99. The Bertz CT molecular complexity index is 408. The average Bonchev–Trinajstić information content (AvgIpc) is 2.83. The van der Waals surface area contributed by atoms with E-state index < -0.39 is 17.7 Å². The molecule has 0 spiro atoms. The zero-order valence-electron chi connectivity index (χ0n) is 11.1. The molecule has 1 heterocycles. The number of halogens is 2. The second-order valence-electron chi connectivity index (χ2n) is 4.99. The minimum Gasteiger partial charge on any atom is -0.384 e. The Morgan fingerprint density at radius 2 is 2.11 bits per heavy atom. The first-order valence-corrected chi connectivity index (χ1v) is 6.54. The third-order valence-corrected chi connectivity index (χ3v) is 3.72. The van der Waals surface area contributed by atoms with Crippen molar-refractivity contribution in [3.8, 4) is 0 Å². The fraction of sp³-hybridized carbons (Fsp3) is 0.571. The van der Waals surface area contributed by atoms with Gasteiger partial charge in [0, 0.05) is 25.8 Å². The lowest BCUT2D eigenvalue weighted by atomic mass is 10.0. The molecule has 2 rings (SSSR count). The molecule has 106 valence electrons. The molecule has 1 aliphatic heterocycles. The molecule has 1 aliphatic rings. The summed E-state index contributed by atoms with van der Waals surface area (Å²) in [5, 5.41) is 0. The lowest BCUT2D eigenvalue weighted by Gasteiger charge is -2.27. The van der Waals surface area contributed by atoms with Crippen molar-refractivity contribution < 1.29 is 13.5 Å². The predicted molar refractivity (Wildman–Crippen MR) is 69.7 cm³/mol. The molecule has 0 saturated carbocycles. The lowest BCUT2D eigenvalue weighted by Crippen LogP contribution is -2.33. The number of rotatable bonds is 5. The Hall–Kier alpha value is -1.04. The van der Waals surface area contributed by atoms with Gasteiger partial charge in [-0.2, -0.15) is 0 Å². The molecule has 1 aromatic rings. The van der Waals surface area contributed by atoms with Crippen LogP contribution >= 0.6 is 0 Å². The first-order valence-electron chi connectivity index (χ1n) is 6.54. The molecule has 3 nitrogen and oxygen atoms in total. The fourth-order valence-electron chi connectivity index (χ4n) is 2.80. The van der Waals surface area contributed by atoms with E-state index in [4.69, 9.17) is 10.5 Å². The van der Waals surface area contributed by atoms with Gasteiger partial charge in [-0.1, -0.05) is 6.07 Å². The van der Waals surface area contributed by atoms with E-state index in [1.54, 1.807) is 7.11 Å². The summed E-state index contributed by atoms with van der Waals surface area (Å²) in [7, 11) is 1.67. The maximum Gasteiger partial charge on any atom is 0.130 e. The van der Waals surface area contributed by atoms with Crippen molar-refractivity contribution in [2.75, 3.05) is 33.4 Å². The van der Waals surface area contributed by atoms with Crippen LogP contribution in [-0.2, 0) is 4.74 Å². The van der Waals surface area contributed by atoms with E-state index in [-0.39, 0.29) is 12.1 Å². The fourth-order valence-corrected chi connectivity index (χ4v) is 2.80. The van der Waals surface area contributed by atoms with Gasteiger partial charge in [0.2, 0.25) is 0 Å². The van der Waals surface area contributed by atoms with Crippen LogP contribution in [0.1, 0.15) is 18.0 Å². The molecule has 1 saturated heterocycles. The van der Waals surface area contributed by atoms with E-state index in [0.717, 1.165) is 19.5 Å². The number of hydrogen-bond donors (Lipinski definition) is 1. The number of ether oxygens (including phenoxy) is 1. The molecule has 0 aromatic heterocycles. The number of hydrogen-bond acceptors (Lipinski definition) is 3. The second kappa shape index (κ2) is 6.41. The molecule has 1 fully saturated rings. The third-order valence-electron chi connectivity index (χ3n) is 3.72. The van der Waals surface area contributed by atoms with Crippen molar-refractivity contribution >= 4 is 0 Å². The molecule has 0 radical (unpaired) electrons. The van der Waals surface area contributed by atoms with Gasteiger partial charge in [0.1, 0.15) is 11.6 Å². The summed E-state index contributed by atoms with van der Waals surface area (Å²) in [6.45, 7) is 2.44. The SMILES string of the molecule is COCC1CCN(C(CN)c2c(F)cccc2F)C1. The minimum atomic E-state index is -0.523. The largest absolute Gasteiger partial charge is 0.384 e. The van der Waals surface area contributed by atoms with Crippen LogP contribution in [0.3, 0.4) is 0 Å². The van der Waals surface area contributed by atoms with Crippen molar-refractivity contribution in [2.45, 2.75) is 12.5 Å². The molecular formula is C14H20F2N2O. The zero-order chi connectivity index (χ0) is 13.8. The number of nitrogens with zero attached hydrogens (tertiary/aromatic N) is 1. The van der Waals surface area contributed by atoms with Crippen LogP contribution in [0.15, 0.2) is 18.2 Å². The van der Waals surface area contributed by atoms with Crippen LogP contribution in [0.25, 0.3) is 0 Å². The number of benzene rings is 1. The molecule has 2 unspecified atom stereocenters. The molecule has 2 N–H and O–H groups in total. The molecule has 0 aliphatic carbocycles. The van der Waals surface area contributed by atoms with Gasteiger partial charge in [-0.05, 0) is 31.0 Å². The topological polar surface area (TPSA) is 38.5 Å². The summed E-state index contributed by atoms with van der Waals surface area (Å²) in [4.78, 5) is 2.05. The predicted octanol–water partition coefficient (Wildman–Crippen LogP) is 1.93. The summed E-state index contributed by atoms with van der Waals surface area (Å²) in [6, 6.07) is 3.54. The van der Waals surface area contributed by atoms with Crippen LogP contribution < -0.4 is 5.73 Å². The van der Waals surface area contributed by atoms with Crippen LogP contribution in [0.2, 0.25) is 0 Å². The van der Waals surface area contributed by atoms with E-state index >= 15 is 0 Å². The van der Waals surface area contributed by atoms with Gasteiger partial charge in [0.15, 0.2) is 0 Å². The Labute approximate surface area is 112 Å². The van der Waals surface area contributed by atoms with E-state index in [2.05, 4.69) is 0 Å². The summed E-state index contributed by atoms with van der Waals surface area (Å²) < 4.78 is 32.8. The van der Waals surface area contributed by atoms with Gasteiger partial charge < -0.3 is 10.5 Å². The monoisotopic (exact) mass is 270 g/mol. The van der Waals surface area contributed by atoms with Crippen molar-refractivity contribution in [3.05, 3.63) is 35.4 Å². The smallest absolute Gasteiger partial charge is 0.130 e. The maximum absolute atomic E-state index is 13.8. The highest BCUT2D eigenvalue weighted by Crippen LogP contribution is 2.30. The normalized spacial score (nSPS) is 21.8. The Balaban J connectivity index is 2.17. The molecule has 0 amide bonds. The standard InChI is InChI=1S/C14H20F2N2O/c1-19-9-10-5-6-18(8-10)13(7-17)14-11(15)3-2-4-12(14)16/h2-4,10,13H,5-9,17H2,1H3. The zero-order valence-corrected chi connectivity index (χ0v) is 11.1. The van der Waals surface area contributed by atoms with Crippen LogP contribution in [0.5, 0.6) is 0 Å². The van der Waals surface area contributed by atoms with Gasteiger partial charge in [0.05, 0.1) is 12.6 Å². The van der Waals surface area contributed by atoms with Crippen molar-refractivity contribution in [1.82, 2.24) is 4.90 Å². The Kier molecular flexibility index (Phi) is 4.85. The minimum absolute atomic E-state index is 0.0862. The average molecular weight is 270 g/mol.